The molecule has 0 unspecified atom stereocenters. The Balaban J connectivity index is 1.13. The number of likely N-dealkylation sites (N-methyl/N-ethyl adjacent to an activating group) is 1. The number of fused-ring (bicyclic) bond motifs is 1. The summed E-state index contributed by atoms with van der Waals surface area (Å²) in [7, 11) is 1.59. The van der Waals surface area contributed by atoms with E-state index in [1.54, 1.807) is 30.1 Å². The summed E-state index contributed by atoms with van der Waals surface area (Å²) in [6.07, 6.45) is 2.13. The van der Waals surface area contributed by atoms with Gasteiger partial charge < -0.3 is 40.0 Å². The number of hydrogen-bond donors (Lipinski definition) is 2. The molecule has 14 nitrogen and oxygen atoms in total. The summed E-state index contributed by atoms with van der Waals surface area (Å²) < 4.78 is 30.8. The SMILES string of the molecule is CN(CC(=O)NCCCOCCOCCOCCCC#N)C(=O)CC(C)(C)CC(=O)N1CCN(c2cc(-c3ccc(F)c4ccccc34)nc(N)n2)CC1. The number of unbranched alkanes of at least 4 members (excludes halogenated alkanes) is 1. The summed E-state index contributed by atoms with van der Waals surface area (Å²) in [5.74, 6) is -0.0896. The summed E-state index contributed by atoms with van der Waals surface area (Å²) in [6.45, 7) is 8.96. The normalized spacial score (nSPS) is 13.2. The first-order valence-electron chi connectivity index (χ1n) is 18.4. The van der Waals surface area contributed by atoms with E-state index in [4.69, 9.17) is 25.2 Å². The van der Waals surface area contributed by atoms with Gasteiger partial charge in [-0.1, -0.05) is 38.1 Å². The Morgan fingerprint density at radius 3 is 2.26 bits per heavy atom. The van der Waals surface area contributed by atoms with Gasteiger partial charge >= 0.3 is 0 Å². The van der Waals surface area contributed by atoms with E-state index in [1.165, 1.54) is 11.0 Å². The number of aromatic nitrogens is 2. The molecule has 1 aliphatic rings. The number of rotatable bonds is 21. The standard InChI is InChI=1S/C39H53FN8O6/c1-39(2,26-36(50)46(3)28-35(49)43-14-8-20-53-22-24-54-23-21-52-19-7-6-13-41)27-37(51)48-17-15-47(16-18-48)34-25-33(44-38(42)45-34)31-11-12-32(40)30-10-5-4-9-29(30)31/h4-5,9-12,25H,6-8,14-24,26-28H2,1-3H3,(H,43,49)(H2,42,44,45). The number of anilines is 2. The quantitative estimate of drug-likeness (QED) is 0.152. The maximum absolute atomic E-state index is 14.5. The van der Waals surface area contributed by atoms with Crippen LogP contribution >= 0.6 is 0 Å². The Bertz CT molecular complexity index is 1740. The molecule has 4 rings (SSSR count). The number of piperazine rings is 1. The number of nitrogens with zero attached hydrogens (tertiary/aromatic N) is 6. The first-order valence-corrected chi connectivity index (χ1v) is 18.4. The summed E-state index contributed by atoms with van der Waals surface area (Å²) in [5.41, 5.74) is 6.85. The maximum atomic E-state index is 14.5. The molecule has 1 fully saturated rings. The fourth-order valence-electron chi connectivity index (χ4n) is 6.11. The molecule has 2 aromatic carbocycles. The van der Waals surface area contributed by atoms with E-state index < -0.39 is 5.41 Å². The lowest BCUT2D eigenvalue weighted by molar-refractivity contribution is -0.138. The number of nitrogens with two attached hydrogens (primary N) is 1. The molecular weight excluding hydrogens is 695 g/mol. The lowest BCUT2D eigenvalue weighted by Gasteiger charge is -2.37. The zero-order valence-corrected chi connectivity index (χ0v) is 31.7. The van der Waals surface area contributed by atoms with Gasteiger partial charge in [0.15, 0.2) is 0 Å². The smallest absolute Gasteiger partial charge is 0.239 e. The van der Waals surface area contributed by atoms with Crippen LogP contribution in [0.15, 0.2) is 42.5 Å². The number of carbonyl (C=O) groups is 3. The molecule has 0 spiro atoms. The third-order valence-electron chi connectivity index (χ3n) is 9.01. The average Bonchev–Trinajstić information content (AvgIpc) is 3.14. The molecule has 0 aliphatic carbocycles. The van der Waals surface area contributed by atoms with Crippen LogP contribution < -0.4 is 16.0 Å². The van der Waals surface area contributed by atoms with E-state index in [1.807, 2.05) is 32.0 Å². The second-order valence-corrected chi connectivity index (χ2v) is 14.0. The van der Waals surface area contributed by atoms with Crippen LogP contribution in [0.3, 0.4) is 0 Å². The van der Waals surface area contributed by atoms with Crippen LogP contribution in [0.4, 0.5) is 16.2 Å². The second kappa shape index (κ2) is 21.1. The van der Waals surface area contributed by atoms with Gasteiger partial charge in [0, 0.05) is 89.3 Å². The van der Waals surface area contributed by atoms with Gasteiger partial charge in [0.05, 0.1) is 44.7 Å². The minimum Gasteiger partial charge on any atom is -0.379 e. The average molecular weight is 749 g/mol. The molecule has 1 aromatic heterocycles. The molecule has 0 saturated carbocycles. The van der Waals surface area contributed by atoms with E-state index in [-0.39, 0.29) is 48.9 Å². The lowest BCUT2D eigenvalue weighted by atomic mass is 9.84. The molecule has 15 heteroatoms. The fourth-order valence-corrected chi connectivity index (χ4v) is 6.11. The van der Waals surface area contributed by atoms with E-state index in [9.17, 15) is 18.8 Å². The molecule has 1 aliphatic heterocycles. The molecule has 54 heavy (non-hydrogen) atoms. The fraction of sp³-hybridized carbons (Fsp3) is 0.538. The van der Waals surface area contributed by atoms with Crippen molar-refractivity contribution >= 4 is 40.3 Å². The predicted octanol–water partition coefficient (Wildman–Crippen LogP) is 3.79. The summed E-state index contributed by atoms with van der Waals surface area (Å²) in [6, 6.07) is 14.3. The molecule has 0 radical (unpaired) electrons. The van der Waals surface area contributed by atoms with E-state index in [0.29, 0.717) is 102 Å². The van der Waals surface area contributed by atoms with Crippen LogP contribution in [0.5, 0.6) is 0 Å². The van der Waals surface area contributed by atoms with Gasteiger partial charge in [0.2, 0.25) is 23.7 Å². The first kappa shape index (κ1) is 41.8. The maximum Gasteiger partial charge on any atom is 0.239 e. The Morgan fingerprint density at radius 1 is 0.926 bits per heavy atom. The monoisotopic (exact) mass is 748 g/mol. The molecular formula is C39H53FN8O6. The Kier molecular flexibility index (Phi) is 16.3. The molecule has 292 valence electrons. The molecule has 3 aromatic rings. The third-order valence-corrected chi connectivity index (χ3v) is 9.01. The van der Waals surface area contributed by atoms with Crippen LogP contribution in [0.1, 0.15) is 46.0 Å². The van der Waals surface area contributed by atoms with E-state index in [0.717, 1.165) is 17.4 Å². The number of halogens is 1. The molecule has 0 atom stereocenters. The highest BCUT2D eigenvalue weighted by Gasteiger charge is 2.31. The Labute approximate surface area is 316 Å². The Hall–Kier alpha value is -4.91. The molecule has 1 saturated heterocycles. The molecule has 2 heterocycles. The van der Waals surface area contributed by atoms with Crippen LogP contribution in [0.2, 0.25) is 0 Å². The number of benzene rings is 2. The van der Waals surface area contributed by atoms with Crippen LogP contribution in [-0.2, 0) is 28.6 Å². The second-order valence-electron chi connectivity index (χ2n) is 14.0. The zero-order valence-electron chi connectivity index (χ0n) is 31.7. The summed E-state index contributed by atoms with van der Waals surface area (Å²) in [5, 5.41) is 12.5. The number of nitriles is 1. The van der Waals surface area contributed by atoms with E-state index in [2.05, 4.69) is 26.3 Å². The zero-order chi connectivity index (χ0) is 38.9. The summed E-state index contributed by atoms with van der Waals surface area (Å²) in [4.78, 5) is 52.9. The van der Waals surface area contributed by atoms with Crippen molar-refractivity contribution in [2.45, 2.75) is 46.0 Å². The summed E-state index contributed by atoms with van der Waals surface area (Å²) >= 11 is 0. The van der Waals surface area contributed by atoms with Crippen molar-refractivity contribution in [3.8, 4) is 17.3 Å². The Morgan fingerprint density at radius 2 is 1.57 bits per heavy atom. The van der Waals surface area contributed by atoms with Crippen LogP contribution in [0.25, 0.3) is 22.0 Å². The minimum atomic E-state index is -0.615. The van der Waals surface area contributed by atoms with E-state index >= 15 is 0 Å². The van der Waals surface area contributed by atoms with Crippen molar-refractivity contribution < 1.29 is 33.0 Å². The topological polar surface area (TPSA) is 176 Å². The highest BCUT2D eigenvalue weighted by molar-refractivity contribution is 5.96. The third kappa shape index (κ3) is 13.2. The van der Waals surface area contributed by atoms with Crippen molar-refractivity contribution in [2.24, 2.45) is 5.41 Å². The number of carbonyl (C=O) groups excluding carboxylic acids is 3. The number of hydrogen-bond acceptors (Lipinski definition) is 11. The van der Waals surface area contributed by atoms with Gasteiger partial charge in [-0.15, -0.1) is 0 Å². The highest BCUT2D eigenvalue weighted by atomic mass is 19.1. The number of ether oxygens (including phenoxy) is 3. The van der Waals surface area contributed by atoms with Crippen molar-refractivity contribution in [1.29, 1.82) is 5.26 Å². The molecule has 3 amide bonds. The lowest BCUT2D eigenvalue weighted by Crippen LogP contribution is -2.50. The largest absolute Gasteiger partial charge is 0.379 e. The highest BCUT2D eigenvalue weighted by Crippen LogP contribution is 2.32. The van der Waals surface area contributed by atoms with Gasteiger partial charge in [-0.05, 0) is 35.8 Å². The van der Waals surface area contributed by atoms with Gasteiger partial charge in [0.25, 0.3) is 0 Å². The van der Waals surface area contributed by atoms with Crippen LogP contribution in [0, 0.1) is 22.6 Å². The predicted molar refractivity (Wildman–Crippen MR) is 204 cm³/mol. The number of nitrogen functional groups attached to an aromatic ring is 1. The van der Waals surface area contributed by atoms with Gasteiger partial charge in [0.1, 0.15) is 11.6 Å². The van der Waals surface area contributed by atoms with Crippen molar-refractivity contribution in [2.75, 3.05) is 96.6 Å². The van der Waals surface area contributed by atoms with Crippen LogP contribution in [-0.4, -0.2) is 123 Å². The van der Waals surface area contributed by atoms with Gasteiger partial charge in [-0.25, -0.2) is 9.37 Å². The van der Waals surface area contributed by atoms with Crippen molar-refractivity contribution in [3.05, 3.63) is 48.3 Å². The first-order chi connectivity index (χ1) is 26.0. The number of amides is 3. The molecule has 3 N–H and O–H groups in total. The van der Waals surface area contributed by atoms with Gasteiger partial charge in [-0.3, -0.25) is 14.4 Å². The minimum absolute atomic E-state index is 0.0421. The number of nitrogens with one attached hydrogen (secondary N) is 1. The van der Waals surface area contributed by atoms with Crippen molar-refractivity contribution in [1.82, 2.24) is 25.1 Å². The molecule has 0 bridgehead atoms. The van der Waals surface area contributed by atoms with Gasteiger partial charge in [-0.2, -0.15) is 10.2 Å². The van der Waals surface area contributed by atoms with Crippen molar-refractivity contribution in [3.63, 3.8) is 0 Å².